The average Bonchev–Trinajstić information content (AvgIpc) is 2.59. The second-order valence-corrected chi connectivity index (χ2v) is 9.62. The summed E-state index contributed by atoms with van der Waals surface area (Å²) in [5, 5.41) is 2.69. The highest BCUT2D eigenvalue weighted by Gasteiger charge is 2.21. The maximum absolute atomic E-state index is 12.3. The molecule has 0 bridgehead atoms. The van der Waals surface area contributed by atoms with Crippen LogP contribution in [0.3, 0.4) is 0 Å². The molecular formula is C21H28N2O4S. The summed E-state index contributed by atoms with van der Waals surface area (Å²) in [6.45, 7) is 9.41. The van der Waals surface area contributed by atoms with Crippen molar-refractivity contribution in [2.45, 2.75) is 51.0 Å². The second-order valence-electron chi connectivity index (χ2n) is 7.94. The molecule has 0 radical (unpaired) electrons. The van der Waals surface area contributed by atoms with Crippen LogP contribution in [0.2, 0.25) is 0 Å². The normalized spacial score (nSPS) is 12.1. The van der Waals surface area contributed by atoms with Crippen molar-refractivity contribution in [1.82, 2.24) is 4.72 Å². The van der Waals surface area contributed by atoms with Gasteiger partial charge < -0.3 is 10.1 Å². The van der Waals surface area contributed by atoms with Crippen molar-refractivity contribution in [2.24, 2.45) is 0 Å². The van der Waals surface area contributed by atoms with Gasteiger partial charge in [-0.2, -0.15) is 0 Å². The Kier molecular flexibility index (Phi) is 6.85. The minimum Gasteiger partial charge on any atom is -0.484 e. The molecule has 0 heterocycles. The maximum Gasteiger partial charge on any atom is 0.262 e. The quantitative estimate of drug-likeness (QED) is 0.733. The Balaban J connectivity index is 1.92. The molecule has 152 valence electrons. The van der Waals surface area contributed by atoms with E-state index in [-0.39, 0.29) is 17.4 Å². The molecule has 0 aliphatic carbocycles. The number of sulfonamides is 1. The van der Waals surface area contributed by atoms with Crippen molar-refractivity contribution in [1.29, 1.82) is 0 Å². The van der Waals surface area contributed by atoms with Gasteiger partial charge >= 0.3 is 0 Å². The predicted molar refractivity (Wildman–Crippen MR) is 111 cm³/mol. The molecule has 2 rings (SSSR count). The number of hydrogen-bond donors (Lipinski definition) is 2. The van der Waals surface area contributed by atoms with Gasteiger partial charge in [-0.15, -0.1) is 0 Å². The van der Waals surface area contributed by atoms with Crippen molar-refractivity contribution >= 4 is 21.6 Å². The van der Waals surface area contributed by atoms with Crippen molar-refractivity contribution in [3.8, 4) is 5.75 Å². The highest BCUT2D eigenvalue weighted by molar-refractivity contribution is 7.89. The number of hydrogen-bond acceptors (Lipinski definition) is 4. The monoisotopic (exact) mass is 404 g/mol. The molecule has 0 spiro atoms. The van der Waals surface area contributed by atoms with Gasteiger partial charge in [0, 0.05) is 11.2 Å². The van der Waals surface area contributed by atoms with Gasteiger partial charge in [0.25, 0.3) is 5.91 Å². The first-order valence-electron chi connectivity index (χ1n) is 9.13. The molecule has 0 unspecified atom stereocenters. The van der Waals surface area contributed by atoms with Crippen molar-refractivity contribution in [3.05, 3.63) is 54.1 Å². The first-order valence-corrected chi connectivity index (χ1v) is 10.6. The molecule has 2 aromatic carbocycles. The molecule has 0 saturated carbocycles. The summed E-state index contributed by atoms with van der Waals surface area (Å²) in [6.07, 6.45) is 0. The SMILES string of the molecule is CC(C)c1ccc(OCC(=O)Nc2ccc(S(=O)(=O)NC(C)(C)C)cc2)cc1. The molecular weight excluding hydrogens is 376 g/mol. The van der Waals surface area contributed by atoms with E-state index in [0.29, 0.717) is 17.4 Å². The third-order valence-corrected chi connectivity index (χ3v) is 5.58. The molecule has 0 saturated heterocycles. The minimum atomic E-state index is -3.61. The number of amides is 1. The Morgan fingerprint density at radius 1 is 1.00 bits per heavy atom. The van der Waals surface area contributed by atoms with E-state index in [1.807, 2.05) is 24.3 Å². The number of carbonyl (C=O) groups is 1. The minimum absolute atomic E-state index is 0.132. The summed E-state index contributed by atoms with van der Waals surface area (Å²) in [7, 11) is -3.61. The summed E-state index contributed by atoms with van der Waals surface area (Å²) >= 11 is 0. The van der Waals surface area contributed by atoms with Crippen LogP contribution < -0.4 is 14.8 Å². The van der Waals surface area contributed by atoms with Gasteiger partial charge in [0.2, 0.25) is 10.0 Å². The van der Waals surface area contributed by atoms with E-state index in [1.165, 1.54) is 17.7 Å². The average molecular weight is 405 g/mol. The van der Waals surface area contributed by atoms with Crippen molar-refractivity contribution in [3.63, 3.8) is 0 Å². The van der Waals surface area contributed by atoms with Gasteiger partial charge in [0.1, 0.15) is 5.75 Å². The molecule has 0 aliphatic heterocycles. The van der Waals surface area contributed by atoms with Crippen LogP contribution >= 0.6 is 0 Å². The first-order chi connectivity index (χ1) is 13.0. The van der Waals surface area contributed by atoms with E-state index >= 15 is 0 Å². The van der Waals surface area contributed by atoms with E-state index < -0.39 is 15.6 Å². The predicted octanol–water partition coefficient (Wildman–Crippen LogP) is 3.90. The number of ether oxygens (including phenoxy) is 1. The van der Waals surface area contributed by atoms with E-state index in [2.05, 4.69) is 23.9 Å². The van der Waals surface area contributed by atoms with Crippen LogP contribution in [0.25, 0.3) is 0 Å². The first kappa shape index (κ1) is 21.9. The zero-order valence-electron chi connectivity index (χ0n) is 16.9. The summed E-state index contributed by atoms with van der Waals surface area (Å²) in [4.78, 5) is 12.2. The van der Waals surface area contributed by atoms with E-state index in [9.17, 15) is 13.2 Å². The van der Waals surface area contributed by atoms with Gasteiger partial charge in [-0.1, -0.05) is 26.0 Å². The zero-order chi connectivity index (χ0) is 20.9. The standard InChI is InChI=1S/C21H28N2O4S/c1-15(2)16-6-10-18(11-7-16)27-14-20(24)22-17-8-12-19(13-9-17)28(25,26)23-21(3,4)5/h6-13,15,23H,14H2,1-5H3,(H,22,24). The number of rotatable bonds is 7. The van der Waals surface area contributed by atoms with E-state index in [1.54, 1.807) is 32.9 Å². The largest absolute Gasteiger partial charge is 0.484 e. The summed E-state index contributed by atoms with van der Waals surface area (Å²) in [5.74, 6) is 0.730. The van der Waals surface area contributed by atoms with Crippen LogP contribution in [0.1, 0.15) is 46.1 Å². The fourth-order valence-electron chi connectivity index (χ4n) is 2.47. The number of nitrogens with one attached hydrogen (secondary N) is 2. The van der Waals surface area contributed by atoms with Crippen LogP contribution in [0.5, 0.6) is 5.75 Å². The highest BCUT2D eigenvalue weighted by atomic mass is 32.2. The van der Waals surface area contributed by atoms with Crippen LogP contribution in [0.15, 0.2) is 53.4 Å². The van der Waals surface area contributed by atoms with E-state index in [4.69, 9.17) is 4.74 Å². The molecule has 2 N–H and O–H groups in total. The zero-order valence-corrected chi connectivity index (χ0v) is 17.8. The smallest absolute Gasteiger partial charge is 0.262 e. The Labute approximate surface area is 167 Å². The van der Waals surface area contributed by atoms with Crippen LogP contribution in [-0.2, 0) is 14.8 Å². The lowest BCUT2D eigenvalue weighted by atomic mass is 10.0. The lowest BCUT2D eigenvalue weighted by Gasteiger charge is -2.20. The molecule has 28 heavy (non-hydrogen) atoms. The fourth-order valence-corrected chi connectivity index (χ4v) is 3.89. The Morgan fingerprint density at radius 3 is 2.07 bits per heavy atom. The molecule has 0 fully saturated rings. The lowest BCUT2D eigenvalue weighted by molar-refractivity contribution is -0.118. The molecule has 0 aliphatic rings. The van der Waals surface area contributed by atoms with Crippen molar-refractivity contribution < 1.29 is 17.9 Å². The Bertz CT molecular complexity index is 897. The fraction of sp³-hybridized carbons (Fsp3) is 0.381. The highest BCUT2D eigenvalue weighted by Crippen LogP contribution is 2.19. The van der Waals surface area contributed by atoms with Gasteiger partial charge in [-0.3, -0.25) is 4.79 Å². The number of carbonyl (C=O) groups excluding carboxylic acids is 1. The Hall–Kier alpha value is -2.38. The number of anilines is 1. The van der Waals surface area contributed by atoms with Crippen LogP contribution in [0, 0.1) is 0 Å². The summed E-state index contributed by atoms with van der Waals surface area (Å²) in [5.41, 5.74) is 1.13. The Morgan fingerprint density at radius 2 is 1.57 bits per heavy atom. The summed E-state index contributed by atoms with van der Waals surface area (Å²) < 4.78 is 32.7. The van der Waals surface area contributed by atoms with Gasteiger partial charge in [-0.05, 0) is 68.7 Å². The van der Waals surface area contributed by atoms with Crippen LogP contribution in [0.4, 0.5) is 5.69 Å². The van der Waals surface area contributed by atoms with E-state index in [0.717, 1.165) is 0 Å². The van der Waals surface area contributed by atoms with Crippen molar-refractivity contribution in [2.75, 3.05) is 11.9 Å². The van der Waals surface area contributed by atoms with Gasteiger partial charge in [0.15, 0.2) is 6.61 Å². The van der Waals surface area contributed by atoms with Crippen LogP contribution in [-0.4, -0.2) is 26.5 Å². The molecule has 7 heteroatoms. The topological polar surface area (TPSA) is 84.5 Å². The molecule has 0 aromatic heterocycles. The second kappa shape index (κ2) is 8.75. The molecule has 2 aromatic rings. The molecule has 1 amide bonds. The lowest BCUT2D eigenvalue weighted by Crippen LogP contribution is -2.40. The summed E-state index contributed by atoms with van der Waals surface area (Å²) in [6, 6.07) is 13.6. The number of benzene rings is 2. The third kappa shape index (κ3) is 6.65. The maximum atomic E-state index is 12.3. The van der Waals surface area contributed by atoms with Gasteiger partial charge in [-0.25, -0.2) is 13.1 Å². The third-order valence-electron chi connectivity index (χ3n) is 3.81. The molecule has 0 atom stereocenters. The van der Waals surface area contributed by atoms with Gasteiger partial charge in [0.05, 0.1) is 4.90 Å². The molecule has 6 nitrogen and oxygen atoms in total.